The second-order valence-electron chi connectivity index (χ2n) is 16.2. The Labute approximate surface area is 447 Å². The fourth-order valence-corrected chi connectivity index (χ4v) is 8.44. The van der Waals surface area contributed by atoms with Crippen LogP contribution in [-0.2, 0) is 40.0 Å². The van der Waals surface area contributed by atoms with Crippen LogP contribution in [-0.4, -0.2) is 76.9 Å². The molecule has 2 atom stereocenters. The average Bonchev–Trinajstić information content (AvgIpc) is 4.07. The van der Waals surface area contributed by atoms with E-state index in [4.69, 9.17) is 27.9 Å². The minimum absolute atomic E-state index is 0.0842. The molecular formula is C46H39Br2Cl2F7N12O6. The van der Waals surface area contributed by atoms with Gasteiger partial charge in [-0.1, -0.05) is 23.2 Å². The van der Waals surface area contributed by atoms with Crippen molar-refractivity contribution in [2.24, 2.45) is 14.1 Å². The van der Waals surface area contributed by atoms with Crippen LogP contribution in [0.5, 0.6) is 5.75 Å². The molecule has 0 spiro atoms. The molecular weight excluding hydrogens is 1180 g/mol. The summed E-state index contributed by atoms with van der Waals surface area (Å²) >= 11 is 18.4. The molecule has 2 aromatic carbocycles. The lowest BCUT2D eigenvalue weighted by atomic mass is 9.96. The zero-order chi connectivity index (χ0) is 55.0. The maximum atomic E-state index is 14.3. The SMILES string of the molecule is C[C@@H](O)c1cc(F)ccc1-c1nn(C)cc1Cc1cn(CC(F)F)nc1Cl.C[C@@H](Oc1cc(Br)cnc1[N+](=O)[O-])c1cc(F)ccc1-c1nn(C)cc1Cc1cn(CC(F)F)nc1Cl.O=[N+]([O-])c1ncc(Br)cc1F. The Kier molecular flexibility index (Phi) is 19.3. The number of aryl methyl sites for hydroxylation is 2. The number of aliphatic hydroxyl groups is 1. The fourth-order valence-electron chi connectivity index (χ4n) is 7.40. The predicted molar refractivity (Wildman–Crippen MR) is 266 cm³/mol. The molecule has 0 radical (unpaired) electrons. The van der Waals surface area contributed by atoms with Crippen molar-refractivity contribution in [2.75, 3.05) is 0 Å². The number of hydrogen-bond acceptors (Lipinski definition) is 12. The molecule has 396 valence electrons. The summed E-state index contributed by atoms with van der Waals surface area (Å²) in [6, 6.07) is 10.6. The summed E-state index contributed by atoms with van der Waals surface area (Å²) in [7, 11) is 3.44. The van der Waals surface area contributed by atoms with Crippen molar-refractivity contribution in [3.63, 3.8) is 0 Å². The highest BCUT2D eigenvalue weighted by Crippen LogP contribution is 2.37. The van der Waals surface area contributed by atoms with Gasteiger partial charge in [0.25, 0.3) is 12.9 Å². The van der Waals surface area contributed by atoms with E-state index < -0.39 is 77.1 Å². The fraction of sp³-hybridized carbons (Fsp3) is 0.261. The average molecular weight is 1220 g/mol. The summed E-state index contributed by atoms with van der Waals surface area (Å²) in [5.74, 6) is -3.27. The maximum absolute atomic E-state index is 14.3. The van der Waals surface area contributed by atoms with E-state index in [1.807, 2.05) is 0 Å². The van der Waals surface area contributed by atoms with Crippen molar-refractivity contribution in [2.45, 2.75) is 64.8 Å². The first-order chi connectivity index (χ1) is 35.4. The summed E-state index contributed by atoms with van der Waals surface area (Å²) in [4.78, 5) is 26.9. The molecule has 0 fully saturated rings. The van der Waals surface area contributed by atoms with Crippen molar-refractivity contribution in [3.8, 4) is 28.3 Å². The van der Waals surface area contributed by atoms with Crippen LogP contribution in [0.1, 0.15) is 59.4 Å². The molecule has 0 aliphatic heterocycles. The molecule has 18 nitrogen and oxygen atoms in total. The Hall–Kier alpha value is -6.81. The summed E-state index contributed by atoms with van der Waals surface area (Å²) in [5, 5.41) is 48.4. The van der Waals surface area contributed by atoms with Gasteiger partial charge in [0, 0.05) is 103 Å². The van der Waals surface area contributed by atoms with Crippen molar-refractivity contribution in [1.29, 1.82) is 0 Å². The smallest absolute Gasteiger partial charge is 0.406 e. The van der Waals surface area contributed by atoms with Gasteiger partial charge in [-0.25, -0.2) is 26.3 Å². The van der Waals surface area contributed by atoms with Gasteiger partial charge in [-0.05, 0) is 107 Å². The third-order valence-electron chi connectivity index (χ3n) is 10.5. The normalized spacial score (nSPS) is 12.0. The van der Waals surface area contributed by atoms with Crippen LogP contribution in [0.25, 0.3) is 22.5 Å². The van der Waals surface area contributed by atoms with E-state index in [0.29, 0.717) is 65.7 Å². The Bertz CT molecular complexity index is 3340. The topological polar surface area (TPSA) is 213 Å². The van der Waals surface area contributed by atoms with Gasteiger partial charge in [-0.15, -0.1) is 0 Å². The van der Waals surface area contributed by atoms with E-state index in [1.54, 1.807) is 55.8 Å². The Morgan fingerprint density at radius 1 is 0.653 bits per heavy atom. The second kappa shape index (κ2) is 25.1. The summed E-state index contributed by atoms with van der Waals surface area (Å²) in [5.41, 5.74) is 5.47. The van der Waals surface area contributed by atoms with Crippen molar-refractivity contribution >= 4 is 66.7 Å². The highest BCUT2D eigenvalue weighted by atomic mass is 79.9. The number of aliphatic hydroxyl groups excluding tert-OH is 1. The first kappa shape index (κ1) is 57.5. The highest BCUT2D eigenvalue weighted by molar-refractivity contribution is 9.10. The molecule has 6 heterocycles. The number of alkyl halides is 4. The largest absolute Gasteiger partial charge is 0.478 e. The summed E-state index contributed by atoms with van der Waals surface area (Å²) in [6.45, 7) is 2.04. The van der Waals surface area contributed by atoms with Gasteiger partial charge in [0.05, 0.1) is 26.4 Å². The van der Waals surface area contributed by atoms with Crippen LogP contribution < -0.4 is 4.74 Å². The van der Waals surface area contributed by atoms with E-state index >= 15 is 0 Å². The molecule has 0 saturated carbocycles. The van der Waals surface area contributed by atoms with Crippen LogP contribution in [0.4, 0.5) is 42.4 Å². The van der Waals surface area contributed by atoms with Gasteiger partial charge in [0.2, 0.25) is 11.6 Å². The molecule has 0 amide bonds. The van der Waals surface area contributed by atoms with Gasteiger partial charge < -0.3 is 30.1 Å². The number of nitrogens with zero attached hydrogens (tertiary/aromatic N) is 12. The highest BCUT2D eigenvalue weighted by Gasteiger charge is 2.26. The third kappa shape index (κ3) is 15.2. The monoisotopic (exact) mass is 1220 g/mol. The van der Waals surface area contributed by atoms with Gasteiger partial charge in [0.15, 0.2) is 22.7 Å². The minimum atomic E-state index is -2.59. The maximum Gasteiger partial charge on any atom is 0.406 e. The number of halogens is 11. The zero-order valence-electron chi connectivity index (χ0n) is 39.2. The lowest BCUT2D eigenvalue weighted by Crippen LogP contribution is -2.08. The van der Waals surface area contributed by atoms with Crippen LogP contribution in [0.2, 0.25) is 10.3 Å². The molecule has 1 N–H and O–H groups in total. The second-order valence-corrected chi connectivity index (χ2v) is 18.7. The number of hydrogen-bond donors (Lipinski definition) is 1. The minimum Gasteiger partial charge on any atom is -0.478 e. The van der Waals surface area contributed by atoms with Crippen LogP contribution >= 0.6 is 55.1 Å². The van der Waals surface area contributed by atoms with E-state index in [0.717, 1.165) is 21.0 Å². The van der Waals surface area contributed by atoms with Crippen LogP contribution in [0.15, 0.2) is 94.7 Å². The van der Waals surface area contributed by atoms with Gasteiger partial charge >= 0.3 is 11.6 Å². The molecule has 0 bridgehead atoms. The molecule has 8 rings (SSSR count). The number of benzene rings is 2. The first-order valence-corrected chi connectivity index (χ1v) is 24.0. The molecule has 0 saturated heterocycles. The van der Waals surface area contributed by atoms with E-state index in [9.17, 15) is 56.1 Å². The molecule has 6 aromatic heterocycles. The summed E-state index contributed by atoms with van der Waals surface area (Å²) < 4.78 is 103. The number of pyridine rings is 2. The van der Waals surface area contributed by atoms with Crippen molar-refractivity contribution in [1.82, 2.24) is 49.1 Å². The van der Waals surface area contributed by atoms with Gasteiger partial charge in [-0.2, -0.15) is 24.8 Å². The van der Waals surface area contributed by atoms with Crippen molar-refractivity contribution < 1.29 is 50.4 Å². The Morgan fingerprint density at radius 2 is 1.09 bits per heavy atom. The number of rotatable bonds is 16. The lowest BCUT2D eigenvalue weighted by Gasteiger charge is -2.18. The zero-order valence-corrected chi connectivity index (χ0v) is 43.9. The van der Waals surface area contributed by atoms with Crippen LogP contribution in [0.3, 0.4) is 0 Å². The Morgan fingerprint density at radius 3 is 1.53 bits per heavy atom. The van der Waals surface area contributed by atoms with Crippen molar-refractivity contribution in [3.05, 3.63) is 176 Å². The lowest BCUT2D eigenvalue weighted by molar-refractivity contribution is -0.392. The van der Waals surface area contributed by atoms with E-state index in [1.165, 1.54) is 61.2 Å². The molecule has 0 aliphatic rings. The number of nitro groups is 2. The molecule has 29 heteroatoms. The third-order valence-corrected chi connectivity index (χ3v) is 12.0. The van der Waals surface area contributed by atoms with E-state index in [2.05, 4.69) is 62.2 Å². The quantitative estimate of drug-likeness (QED) is 0.0544. The Balaban J connectivity index is 0.000000209. The van der Waals surface area contributed by atoms with Crippen LogP contribution in [0, 0.1) is 37.7 Å². The number of aromatic nitrogens is 10. The summed E-state index contributed by atoms with van der Waals surface area (Å²) in [6.07, 6.45) is 2.55. The molecule has 8 aromatic rings. The standard InChI is InChI=1S/C23H19BrClF3N6O3.C18H18ClF3N4O.C5H2BrFN2O2/c1-12(37-19-6-15(24)8-29-23(19)34(35)36)18-7-16(26)3-4-17(18)21-13(9-32(2)30-21)5-14-10-33(11-20(27)28)31-22(14)25;1-10(27)15-6-13(20)3-4-14(15)17-11(7-25(2)23-17)5-12-8-26(9-16(21)22)24-18(12)19;6-3-1-4(7)5(8-2-3)9(10)11/h3-4,6-10,12,20H,5,11H2,1-2H3;3-4,6-8,10,16,27H,5,9H2,1-2H3;1-2H/t12-;10-;/m11./s1. The molecule has 0 aliphatic carbocycles. The number of ether oxygens (including phenoxy) is 1. The molecule has 75 heavy (non-hydrogen) atoms. The van der Waals surface area contributed by atoms with Gasteiger partial charge in [0.1, 0.15) is 30.8 Å². The predicted octanol–water partition coefficient (Wildman–Crippen LogP) is 12.0. The van der Waals surface area contributed by atoms with E-state index in [-0.39, 0.29) is 22.5 Å². The van der Waals surface area contributed by atoms with Gasteiger partial charge in [-0.3, -0.25) is 18.7 Å². The first-order valence-electron chi connectivity index (χ1n) is 21.6. The molecule has 0 unspecified atom stereocenters.